The molecule has 11 heavy (non-hydrogen) atoms. The van der Waals surface area contributed by atoms with Gasteiger partial charge >= 0.3 is 5.97 Å². The molecule has 0 bridgehead atoms. The van der Waals surface area contributed by atoms with Gasteiger partial charge in [0.15, 0.2) is 5.76 Å². The maximum absolute atomic E-state index is 10.4. The van der Waals surface area contributed by atoms with E-state index in [0.29, 0.717) is 0 Å². The number of primary amides is 1. The van der Waals surface area contributed by atoms with Crippen molar-refractivity contribution in [1.82, 2.24) is 0 Å². The highest BCUT2D eigenvalue weighted by Gasteiger charge is 2.10. The number of carboxylic acid groups (broad SMARTS) is 1. The third kappa shape index (κ3) is 1.37. The van der Waals surface area contributed by atoms with Crippen LogP contribution >= 0.6 is 0 Å². The van der Waals surface area contributed by atoms with Gasteiger partial charge in [-0.15, -0.1) is 0 Å². The van der Waals surface area contributed by atoms with Crippen LogP contribution in [0.5, 0.6) is 0 Å². The van der Waals surface area contributed by atoms with Gasteiger partial charge in [-0.05, 0) is 0 Å². The van der Waals surface area contributed by atoms with Crippen molar-refractivity contribution >= 4 is 11.9 Å². The van der Waals surface area contributed by atoms with Gasteiger partial charge in [-0.3, -0.25) is 4.79 Å². The van der Waals surface area contributed by atoms with Crippen molar-refractivity contribution in [3.63, 3.8) is 0 Å². The van der Waals surface area contributed by atoms with Crippen molar-refractivity contribution < 1.29 is 19.1 Å². The molecule has 0 aromatic carbocycles. The lowest BCUT2D eigenvalue weighted by Gasteiger charge is -1.81. The molecule has 0 unspecified atom stereocenters. The second-order valence-corrected chi connectivity index (χ2v) is 1.87. The minimum atomic E-state index is -1.15. The van der Waals surface area contributed by atoms with Gasteiger partial charge in [0.25, 0.3) is 5.91 Å². The quantitative estimate of drug-likeness (QED) is 0.632. The van der Waals surface area contributed by atoms with Crippen molar-refractivity contribution in [2.45, 2.75) is 0 Å². The number of hydrogen-bond acceptors (Lipinski definition) is 3. The van der Waals surface area contributed by atoms with Crippen LogP contribution < -0.4 is 5.73 Å². The summed E-state index contributed by atoms with van der Waals surface area (Å²) in [5.74, 6) is -2.08. The Morgan fingerprint density at radius 2 is 2.18 bits per heavy atom. The molecule has 58 valence electrons. The van der Waals surface area contributed by atoms with Gasteiger partial charge in [0, 0.05) is 6.07 Å². The van der Waals surface area contributed by atoms with Crippen LogP contribution in [0.4, 0.5) is 0 Å². The first-order chi connectivity index (χ1) is 5.11. The van der Waals surface area contributed by atoms with E-state index in [2.05, 4.69) is 4.42 Å². The summed E-state index contributed by atoms with van der Waals surface area (Å²) in [4.78, 5) is 20.6. The molecule has 3 N–H and O–H groups in total. The van der Waals surface area contributed by atoms with Gasteiger partial charge in [0.1, 0.15) is 6.26 Å². The van der Waals surface area contributed by atoms with Crippen LogP contribution in [0.25, 0.3) is 0 Å². The van der Waals surface area contributed by atoms with Crippen LogP contribution in [0, 0.1) is 0 Å². The minimum absolute atomic E-state index is 0.0844. The van der Waals surface area contributed by atoms with Crippen LogP contribution in [0.15, 0.2) is 16.7 Å². The van der Waals surface area contributed by atoms with Gasteiger partial charge in [-0.2, -0.15) is 0 Å². The summed E-state index contributed by atoms with van der Waals surface area (Å²) in [5, 5.41) is 8.37. The molecule has 0 saturated carbocycles. The second-order valence-electron chi connectivity index (χ2n) is 1.87. The molecule has 0 aliphatic carbocycles. The predicted molar refractivity (Wildman–Crippen MR) is 34.2 cm³/mol. The lowest BCUT2D eigenvalue weighted by molar-refractivity contribution is 0.0696. The van der Waals surface area contributed by atoms with E-state index in [0.717, 1.165) is 12.3 Å². The largest absolute Gasteiger partial charge is 0.478 e. The molecule has 1 aromatic heterocycles. The Labute approximate surface area is 61.4 Å². The summed E-state index contributed by atoms with van der Waals surface area (Å²) in [6.07, 6.45) is 0.961. The van der Waals surface area contributed by atoms with Gasteiger partial charge in [-0.1, -0.05) is 0 Å². The zero-order valence-corrected chi connectivity index (χ0v) is 5.40. The fraction of sp³-hybridized carbons (Fsp3) is 0. The standard InChI is InChI=1S/C6H5NO4/c7-5(8)4-1-3(2-11-4)6(9)10/h1-2H,(H2,7,8)(H,9,10). The number of carbonyl (C=O) groups excluding carboxylic acids is 1. The Hall–Kier alpha value is -1.78. The molecule has 0 aliphatic rings. The summed E-state index contributed by atoms with van der Waals surface area (Å²) < 4.78 is 4.53. The molecule has 0 atom stereocenters. The molecule has 1 rings (SSSR count). The van der Waals surface area contributed by atoms with E-state index < -0.39 is 11.9 Å². The fourth-order valence-electron chi connectivity index (χ4n) is 0.578. The zero-order chi connectivity index (χ0) is 8.43. The molecule has 0 aliphatic heterocycles. The summed E-state index contributed by atoms with van der Waals surface area (Å²) in [7, 11) is 0. The molecule has 0 saturated heterocycles. The first-order valence-electron chi connectivity index (χ1n) is 2.73. The topological polar surface area (TPSA) is 93.5 Å². The van der Waals surface area contributed by atoms with Crippen LogP contribution in [-0.2, 0) is 0 Å². The van der Waals surface area contributed by atoms with E-state index in [4.69, 9.17) is 10.8 Å². The summed E-state index contributed by atoms with van der Waals surface area (Å²) in [6.45, 7) is 0. The van der Waals surface area contributed by atoms with Crippen molar-refractivity contribution in [1.29, 1.82) is 0 Å². The molecule has 0 spiro atoms. The lowest BCUT2D eigenvalue weighted by atomic mass is 10.3. The third-order valence-electron chi connectivity index (χ3n) is 1.09. The monoisotopic (exact) mass is 155 g/mol. The number of aromatic carboxylic acids is 1. The van der Waals surface area contributed by atoms with Gasteiger partial charge in [-0.25, -0.2) is 4.79 Å². The molecule has 1 aromatic rings. The highest BCUT2D eigenvalue weighted by Crippen LogP contribution is 2.06. The van der Waals surface area contributed by atoms with E-state index in [1.54, 1.807) is 0 Å². The first kappa shape index (κ1) is 7.33. The fourth-order valence-corrected chi connectivity index (χ4v) is 0.578. The second kappa shape index (κ2) is 2.45. The molecule has 5 heteroatoms. The van der Waals surface area contributed by atoms with Crippen molar-refractivity contribution in [2.24, 2.45) is 5.73 Å². The first-order valence-corrected chi connectivity index (χ1v) is 2.73. The number of carboxylic acids is 1. The molecule has 1 amide bonds. The smallest absolute Gasteiger partial charge is 0.338 e. The molecular formula is C6H5NO4. The maximum Gasteiger partial charge on any atom is 0.338 e. The maximum atomic E-state index is 10.4. The molecule has 5 nitrogen and oxygen atoms in total. The molecular weight excluding hydrogens is 150 g/mol. The van der Waals surface area contributed by atoms with Crippen molar-refractivity contribution in [3.8, 4) is 0 Å². The van der Waals surface area contributed by atoms with Gasteiger partial charge in [0.2, 0.25) is 0 Å². The number of amides is 1. The third-order valence-corrected chi connectivity index (χ3v) is 1.09. The Morgan fingerprint density at radius 1 is 1.55 bits per heavy atom. The Morgan fingerprint density at radius 3 is 2.45 bits per heavy atom. The van der Waals surface area contributed by atoms with Gasteiger partial charge < -0.3 is 15.3 Å². The Bertz CT molecular complexity index is 273. The highest BCUT2D eigenvalue weighted by molar-refractivity contribution is 5.94. The molecule has 0 fully saturated rings. The lowest BCUT2D eigenvalue weighted by Crippen LogP contribution is -2.09. The average Bonchev–Trinajstić information content (AvgIpc) is 2.33. The van der Waals surface area contributed by atoms with E-state index in [1.165, 1.54) is 0 Å². The number of carbonyl (C=O) groups is 2. The van der Waals surface area contributed by atoms with Crippen LogP contribution in [0.2, 0.25) is 0 Å². The van der Waals surface area contributed by atoms with Crippen LogP contribution in [-0.4, -0.2) is 17.0 Å². The van der Waals surface area contributed by atoms with Crippen molar-refractivity contribution in [2.75, 3.05) is 0 Å². The summed E-state index contributed by atoms with van der Waals surface area (Å²) >= 11 is 0. The summed E-state index contributed by atoms with van der Waals surface area (Å²) in [6, 6.07) is 1.07. The van der Waals surface area contributed by atoms with Crippen LogP contribution in [0.3, 0.4) is 0 Å². The normalized spacial score (nSPS) is 9.45. The molecule has 1 heterocycles. The number of nitrogens with two attached hydrogens (primary N) is 1. The Balaban J connectivity index is 2.99. The van der Waals surface area contributed by atoms with Gasteiger partial charge in [0.05, 0.1) is 5.56 Å². The predicted octanol–water partition coefficient (Wildman–Crippen LogP) is 0.0767. The van der Waals surface area contributed by atoms with E-state index >= 15 is 0 Å². The van der Waals surface area contributed by atoms with E-state index in [1.807, 2.05) is 0 Å². The Kier molecular flexibility index (Phi) is 1.63. The SMILES string of the molecule is NC(=O)c1cc(C(=O)O)co1. The minimum Gasteiger partial charge on any atom is -0.478 e. The van der Waals surface area contributed by atoms with E-state index in [9.17, 15) is 9.59 Å². The number of hydrogen-bond donors (Lipinski definition) is 2. The number of rotatable bonds is 2. The molecule has 0 radical (unpaired) electrons. The van der Waals surface area contributed by atoms with Crippen LogP contribution in [0.1, 0.15) is 20.9 Å². The van der Waals surface area contributed by atoms with E-state index in [-0.39, 0.29) is 11.3 Å². The average molecular weight is 155 g/mol. The van der Waals surface area contributed by atoms with Crippen molar-refractivity contribution in [3.05, 3.63) is 23.7 Å². The highest BCUT2D eigenvalue weighted by atomic mass is 16.4. The summed E-state index contributed by atoms with van der Waals surface area (Å²) in [5.41, 5.74) is 4.72. The zero-order valence-electron chi connectivity index (χ0n) is 5.40. The number of furan rings is 1.